The maximum Gasteiger partial charge on any atom is 0.343 e. The van der Waals surface area contributed by atoms with Crippen LogP contribution in [0.25, 0.3) is 5.57 Å². The summed E-state index contributed by atoms with van der Waals surface area (Å²) >= 11 is 0. The number of hydrogen-bond donors (Lipinski definition) is 0. The van der Waals surface area contributed by atoms with E-state index in [1.54, 1.807) is 12.1 Å². The average Bonchev–Trinajstić information content (AvgIpc) is 3.05. The average molecular weight is 348 g/mol. The predicted octanol–water partition coefficient (Wildman–Crippen LogP) is 3.72. The number of Topliss-reactive ketones (excluding diaryl/α,β-unsaturated/α-hetero) is 1. The van der Waals surface area contributed by atoms with Crippen LogP contribution in [0.5, 0.6) is 5.75 Å². The number of esters is 1. The number of carbonyl (C=O) groups excluding carboxylic acids is 2. The van der Waals surface area contributed by atoms with E-state index in [1.807, 2.05) is 24.3 Å². The first kappa shape index (κ1) is 16.6. The van der Waals surface area contributed by atoms with Gasteiger partial charge in [-0.3, -0.25) is 4.79 Å². The lowest BCUT2D eigenvalue weighted by atomic mass is 9.68. The van der Waals surface area contributed by atoms with Crippen LogP contribution in [-0.4, -0.2) is 25.5 Å². The van der Waals surface area contributed by atoms with Gasteiger partial charge < -0.3 is 9.47 Å². The molecule has 0 aliphatic heterocycles. The largest absolute Gasteiger partial charge is 0.482 e. The molecule has 4 nitrogen and oxygen atoms in total. The molecule has 0 saturated carbocycles. The maximum atomic E-state index is 13.2. The van der Waals surface area contributed by atoms with Gasteiger partial charge >= 0.3 is 5.97 Å². The Morgan fingerprint density at radius 3 is 2.65 bits per heavy atom. The van der Waals surface area contributed by atoms with E-state index in [0.29, 0.717) is 11.3 Å². The van der Waals surface area contributed by atoms with E-state index in [1.165, 1.54) is 12.7 Å². The summed E-state index contributed by atoms with van der Waals surface area (Å²) < 4.78 is 10.1. The molecule has 0 radical (unpaired) electrons. The van der Waals surface area contributed by atoms with Gasteiger partial charge in [-0.2, -0.15) is 0 Å². The third-order valence-corrected chi connectivity index (χ3v) is 5.43. The van der Waals surface area contributed by atoms with Crippen molar-refractivity contribution in [1.82, 2.24) is 0 Å². The monoisotopic (exact) mass is 348 g/mol. The lowest BCUT2D eigenvalue weighted by Gasteiger charge is -2.34. The van der Waals surface area contributed by atoms with Crippen molar-refractivity contribution in [2.45, 2.75) is 25.7 Å². The van der Waals surface area contributed by atoms with E-state index >= 15 is 0 Å². The van der Waals surface area contributed by atoms with Gasteiger partial charge in [0.2, 0.25) is 0 Å². The minimum atomic E-state index is -0.436. The topological polar surface area (TPSA) is 52.6 Å². The van der Waals surface area contributed by atoms with Gasteiger partial charge in [-0.15, -0.1) is 0 Å². The maximum absolute atomic E-state index is 13.2. The van der Waals surface area contributed by atoms with Gasteiger partial charge in [0.15, 0.2) is 12.4 Å². The first-order valence-electron chi connectivity index (χ1n) is 8.64. The lowest BCUT2D eigenvalue weighted by molar-refractivity contribution is -0.142. The van der Waals surface area contributed by atoms with Crippen LogP contribution in [0, 0.1) is 0 Å². The number of methoxy groups -OCH3 is 1. The molecule has 4 heteroatoms. The number of allylic oxidation sites excluding steroid dienone is 2. The second-order valence-corrected chi connectivity index (χ2v) is 7.21. The SMILES string of the molecule is COC(=O)COc1ccc2c(c1)C(C)(C)C1=C(C2=O)c2ccccc2C1. The van der Waals surface area contributed by atoms with E-state index in [0.717, 1.165) is 28.7 Å². The fourth-order valence-corrected chi connectivity index (χ4v) is 3.98. The summed E-state index contributed by atoms with van der Waals surface area (Å²) in [5.41, 5.74) is 5.61. The number of ether oxygens (including phenoxy) is 2. The zero-order chi connectivity index (χ0) is 18.5. The Kier molecular flexibility index (Phi) is 3.72. The molecule has 2 aliphatic carbocycles. The fraction of sp³-hybridized carbons (Fsp3) is 0.273. The van der Waals surface area contributed by atoms with Gasteiger partial charge in [0.05, 0.1) is 7.11 Å². The lowest BCUT2D eigenvalue weighted by Crippen LogP contribution is -2.29. The first-order chi connectivity index (χ1) is 12.4. The molecular formula is C22H20O4. The highest BCUT2D eigenvalue weighted by atomic mass is 16.6. The Labute approximate surface area is 152 Å². The van der Waals surface area contributed by atoms with Crippen LogP contribution < -0.4 is 4.74 Å². The molecule has 2 aliphatic rings. The molecule has 2 aromatic rings. The van der Waals surface area contributed by atoms with E-state index in [4.69, 9.17) is 4.74 Å². The van der Waals surface area contributed by atoms with Crippen molar-refractivity contribution in [2.24, 2.45) is 0 Å². The number of rotatable bonds is 3. The van der Waals surface area contributed by atoms with E-state index in [2.05, 4.69) is 24.7 Å². The second-order valence-electron chi connectivity index (χ2n) is 7.21. The molecule has 0 unspecified atom stereocenters. The molecule has 0 atom stereocenters. The van der Waals surface area contributed by atoms with Crippen LogP contribution in [0.3, 0.4) is 0 Å². The highest BCUT2D eigenvalue weighted by molar-refractivity contribution is 6.32. The first-order valence-corrected chi connectivity index (χ1v) is 8.64. The number of benzene rings is 2. The van der Waals surface area contributed by atoms with Crippen molar-refractivity contribution in [3.8, 4) is 5.75 Å². The van der Waals surface area contributed by atoms with Crippen LogP contribution in [-0.2, 0) is 21.4 Å². The van der Waals surface area contributed by atoms with Gasteiger partial charge in [-0.05, 0) is 46.9 Å². The zero-order valence-electron chi connectivity index (χ0n) is 15.1. The molecule has 2 aromatic carbocycles. The van der Waals surface area contributed by atoms with Crippen LogP contribution in [0.1, 0.15) is 40.9 Å². The molecule has 0 heterocycles. The van der Waals surface area contributed by atoms with E-state index in [-0.39, 0.29) is 17.8 Å². The summed E-state index contributed by atoms with van der Waals surface area (Å²) in [5, 5.41) is 0. The minimum Gasteiger partial charge on any atom is -0.482 e. The smallest absolute Gasteiger partial charge is 0.343 e. The molecular weight excluding hydrogens is 328 g/mol. The summed E-state index contributed by atoms with van der Waals surface area (Å²) in [4.78, 5) is 24.5. The summed E-state index contributed by atoms with van der Waals surface area (Å²) in [7, 11) is 1.33. The quantitative estimate of drug-likeness (QED) is 0.793. The van der Waals surface area contributed by atoms with Crippen molar-refractivity contribution in [1.29, 1.82) is 0 Å². The molecule has 0 bridgehead atoms. The van der Waals surface area contributed by atoms with Crippen molar-refractivity contribution in [2.75, 3.05) is 13.7 Å². The third kappa shape index (κ3) is 2.37. The molecule has 0 saturated heterocycles. The molecule has 0 fully saturated rings. The summed E-state index contributed by atoms with van der Waals surface area (Å²) in [6, 6.07) is 13.5. The van der Waals surface area contributed by atoms with Crippen LogP contribution in [0.2, 0.25) is 0 Å². The van der Waals surface area contributed by atoms with Gasteiger partial charge in [0.25, 0.3) is 0 Å². The molecule has 0 spiro atoms. The molecule has 0 N–H and O–H groups in total. The van der Waals surface area contributed by atoms with Crippen LogP contribution in [0.4, 0.5) is 0 Å². The Morgan fingerprint density at radius 1 is 1.12 bits per heavy atom. The molecule has 132 valence electrons. The Hall–Kier alpha value is -2.88. The number of ketones is 1. The second kappa shape index (κ2) is 5.84. The van der Waals surface area contributed by atoms with Crippen molar-refractivity contribution >= 4 is 17.3 Å². The summed E-state index contributed by atoms with van der Waals surface area (Å²) in [6.45, 7) is 4.14. The number of fused-ring (bicyclic) bond motifs is 3. The third-order valence-electron chi connectivity index (χ3n) is 5.43. The van der Waals surface area contributed by atoms with Gasteiger partial charge in [0.1, 0.15) is 5.75 Å². The predicted molar refractivity (Wildman–Crippen MR) is 98.4 cm³/mol. The summed E-state index contributed by atoms with van der Waals surface area (Å²) in [6.07, 6.45) is 0.789. The Bertz CT molecular complexity index is 966. The minimum absolute atomic E-state index is 0.0683. The van der Waals surface area contributed by atoms with Crippen molar-refractivity contribution in [3.05, 3.63) is 70.3 Å². The van der Waals surface area contributed by atoms with Crippen molar-refractivity contribution in [3.63, 3.8) is 0 Å². The number of carbonyl (C=O) groups is 2. The molecule has 0 aromatic heterocycles. The van der Waals surface area contributed by atoms with Crippen LogP contribution in [0.15, 0.2) is 48.0 Å². The highest BCUT2D eigenvalue weighted by Crippen LogP contribution is 2.50. The molecule has 4 rings (SSSR count). The van der Waals surface area contributed by atoms with Crippen LogP contribution >= 0.6 is 0 Å². The van der Waals surface area contributed by atoms with Gasteiger partial charge in [-0.25, -0.2) is 4.79 Å². The van der Waals surface area contributed by atoms with E-state index < -0.39 is 5.97 Å². The van der Waals surface area contributed by atoms with E-state index in [9.17, 15) is 9.59 Å². The highest BCUT2D eigenvalue weighted by Gasteiger charge is 2.42. The standard InChI is InChI=1S/C22H20O4/c1-22(2)17-11-14(26-12-19(23)25-3)8-9-16(17)21(24)20-15-7-5-4-6-13(15)10-18(20)22/h4-9,11H,10,12H2,1-3H3. The van der Waals surface area contributed by atoms with Gasteiger partial charge in [-0.1, -0.05) is 38.1 Å². The number of hydrogen-bond acceptors (Lipinski definition) is 4. The molecule has 26 heavy (non-hydrogen) atoms. The Morgan fingerprint density at radius 2 is 1.88 bits per heavy atom. The van der Waals surface area contributed by atoms with Crippen molar-refractivity contribution < 1.29 is 19.1 Å². The normalized spacial score (nSPS) is 16.7. The van der Waals surface area contributed by atoms with Gasteiger partial charge in [0, 0.05) is 16.6 Å². The summed E-state index contributed by atoms with van der Waals surface area (Å²) in [5.74, 6) is 0.197. The Balaban J connectivity index is 1.77. The fourth-order valence-electron chi connectivity index (χ4n) is 3.98. The molecule has 0 amide bonds. The zero-order valence-corrected chi connectivity index (χ0v) is 15.1.